The number of nitrogens with one attached hydrogen (secondary N) is 2. The van der Waals surface area contributed by atoms with Crippen LogP contribution in [-0.4, -0.2) is 11.0 Å². The van der Waals surface area contributed by atoms with Gasteiger partial charge in [0.2, 0.25) is 5.91 Å². The number of anilines is 1. The number of benzene rings is 1. The second-order valence-electron chi connectivity index (χ2n) is 2.58. The number of amides is 1. The molecule has 0 aromatic heterocycles. The first-order valence-electron chi connectivity index (χ1n) is 4.06. The quantitative estimate of drug-likeness (QED) is 0.613. The first-order valence-corrected chi connectivity index (χ1v) is 4.06. The summed E-state index contributed by atoms with van der Waals surface area (Å²) in [5.74, 6) is 0.0686. The van der Waals surface area contributed by atoms with E-state index < -0.39 is 0 Å². The van der Waals surface area contributed by atoms with Crippen molar-refractivity contribution in [2.45, 2.75) is 13.3 Å². The highest BCUT2D eigenvalue weighted by Crippen LogP contribution is 2.13. The molecular formula is C9H12N2O2. The minimum atomic E-state index is -0.0941. The molecule has 0 aliphatic heterocycles. The van der Waals surface area contributed by atoms with E-state index in [4.69, 9.17) is 5.11 Å². The Balaban J connectivity index is 2.50. The lowest BCUT2D eigenvalue weighted by Crippen LogP contribution is -2.28. The molecular weight excluding hydrogens is 168 g/mol. The molecule has 1 amide bonds. The van der Waals surface area contributed by atoms with Crippen molar-refractivity contribution >= 4 is 11.6 Å². The van der Waals surface area contributed by atoms with E-state index in [0.717, 1.165) is 0 Å². The van der Waals surface area contributed by atoms with E-state index in [0.29, 0.717) is 12.1 Å². The summed E-state index contributed by atoms with van der Waals surface area (Å²) < 4.78 is 0. The summed E-state index contributed by atoms with van der Waals surface area (Å²) in [7, 11) is 0. The first-order chi connectivity index (χ1) is 6.22. The highest BCUT2D eigenvalue weighted by molar-refractivity contribution is 5.77. The van der Waals surface area contributed by atoms with Gasteiger partial charge in [0.1, 0.15) is 5.75 Å². The maximum atomic E-state index is 10.8. The number of hydrogen-bond acceptors (Lipinski definition) is 3. The van der Waals surface area contributed by atoms with Crippen LogP contribution in [-0.2, 0) is 4.79 Å². The smallest absolute Gasteiger partial charge is 0.238 e. The Bertz CT molecular complexity index is 299. The molecule has 3 N–H and O–H groups in total. The van der Waals surface area contributed by atoms with E-state index in [9.17, 15) is 4.79 Å². The Morgan fingerprint density at radius 3 is 2.92 bits per heavy atom. The normalized spacial score (nSPS) is 9.31. The molecule has 1 aromatic carbocycles. The van der Waals surface area contributed by atoms with Crippen LogP contribution in [0.3, 0.4) is 0 Å². The average Bonchev–Trinajstić information content (AvgIpc) is 2.14. The third-order valence-electron chi connectivity index (χ3n) is 1.51. The van der Waals surface area contributed by atoms with Gasteiger partial charge >= 0.3 is 0 Å². The molecule has 70 valence electrons. The lowest BCUT2D eigenvalue weighted by atomic mass is 10.3. The fourth-order valence-corrected chi connectivity index (χ4v) is 0.814. The standard InChI is InChI=1S/C9H12N2O2/c1-2-9(13)11-10-7-4-3-5-8(12)6-7/h3-6,10,12H,2H2,1H3,(H,11,13). The molecule has 4 nitrogen and oxygen atoms in total. The van der Waals surface area contributed by atoms with E-state index in [1.165, 1.54) is 6.07 Å². The first kappa shape index (κ1) is 9.38. The summed E-state index contributed by atoms with van der Waals surface area (Å²) in [6, 6.07) is 6.52. The minimum Gasteiger partial charge on any atom is -0.508 e. The summed E-state index contributed by atoms with van der Waals surface area (Å²) in [5, 5.41) is 9.08. The largest absolute Gasteiger partial charge is 0.508 e. The zero-order chi connectivity index (χ0) is 9.68. The molecule has 0 saturated heterocycles. The van der Waals surface area contributed by atoms with Crippen molar-refractivity contribution in [2.75, 3.05) is 5.43 Å². The van der Waals surface area contributed by atoms with Crippen molar-refractivity contribution in [1.29, 1.82) is 0 Å². The van der Waals surface area contributed by atoms with Crippen LogP contribution in [0.4, 0.5) is 5.69 Å². The predicted octanol–water partition coefficient (Wildman–Crippen LogP) is 1.25. The fraction of sp³-hybridized carbons (Fsp3) is 0.222. The van der Waals surface area contributed by atoms with Gasteiger partial charge in [-0.3, -0.25) is 15.6 Å². The molecule has 1 rings (SSSR count). The Kier molecular flexibility index (Phi) is 3.14. The molecule has 13 heavy (non-hydrogen) atoms. The van der Waals surface area contributed by atoms with Crippen LogP contribution in [0.5, 0.6) is 5.75 Å². The number of carbonyl (C=O) groups is 1. The Labute approximate surface area is 76.6 Å². The van der Waals surface area contributed by atoms with Crippen molar-refractivity contribution in [3.63, 3.8) is 0 Å². The lowest BCUT2D eigenvalue weighted by Gasteiger charge is -2.06. The van der Waals surface area contributed by atoms with Gasteiger partial charge in [-0.25, -0.2) is 0 Å². The summed E-state index contributed by atoms with van der Waals surface area (Å²) in [4.78, 5) is 10.8. The van der Waals surface area contributed by atoms with Crippen molar-refractivity contribution in [1.82, 2.24) is 5.43 Å². The number of carbonyl (C=O) groups excluding carboxylic acids is 1. The molecule has 0 saturated carbocycles. The molecule has 4 heteroatoms. The Morgan fingerprint density at radius 2 is 2.31 bits per heavy atom. The van der Waals surface area contributed by atoms with Gasteiger partial charge in [0.25, 0.3) is 0 Å². The minimum absolute atomic E-state index is 0.0941. The van der Waals surface area contributed by atoms with Crippen molar-refractivity contribution in [3.8, 4) is 5.75 Å². The van der Waals surface area contributed by atoms with Crippen LogP contribution in [0.15, 0.2) is 24.3 Å². The van der Waals surface area contributed by atoms with Gasteiger partial charge in [-0.1, -0.05) is 13.0 Å². The maximum absolute atomic E-state index is 10.8. The van der Waals surface area contributed by atoms with E-state index >= 15 is 0 Å². The van der Waals surface area contributed by atoms with Gasteiger partial charge in [-0.2, -0.15) is 0 Å². The topological polar surface area (TPSA) is 61.4 Å². The molecule has 0 fully saturated rings. The number of hydrogen-bond donors (Lipinski definition) is 3. The molecule has 0 aliphatic carbocycles. The highest BCUT2D eigenvalue weighted by Gasteiger charge is 1.96. The van der Waals surface area contributed by atoms with Gasteiger partial charge in [0.15, 0.2) is 0 Å². The maximum Gasteiger partial charge on any atom is 0.238 e. The van der Waals surface area contributed by atoms with Gasteiger partial charge in [0, 0.05) is 12.5 Å². The zero-order valence-corrected chi connectivity index (χ0v) is 7.37. The molecule has 0 aliphatic rings. The zero-order valence-electron chi connectivity index (χ0n) is 7.37. The number of aromatic hydroxyl groups is 1. The molecule has 0 heterocycles. The number of phenols is 1. The van der Waals surface area contributed by atoms with Crippen LogP contribution in [0.1, 0.15) is 13.3 Å². The molecule has 0 spiro atoms. The monoisotopic (exact) mass is 180 g/mol. The number of phenolic OH excluding ortho intramolecular Hbond substituents is 1. The van der Waals surface area contributed by atoms with Crippen LogP contribution >= 0.6 is 0 Å². The molecule has 0 atom stereocenters. The third-order valence-corrected chi connectivity index (χ3v) is 1.51. The molecule has 0 radical (unpaired) electrons. The fourth-order valence-electron chi connectivity index (χ4n) is 0.814. The average molecular weight is 180 g/mol. The van der Waals surface area contributed by atoms with Crippen molar-refractivity contribution < 1.29 is 9.90 Å². The lowest BCUT2D eigenvalue weighted by molar-refractivity contribution is -0.120. The van der Waals surface area contributed by atoms with Crippen molar-refractivity contribution in [2.24, 2.45) is 0 Å². The van der Waals surface area contributed by atoms with Crippen LogP contribution in [0.2, 0.25) is 0 Å². The summed E-state index contributed by atoms with van der Waals surface area (Å²) in [6.07, 6.45) is 0.422. The third kappa shape index (κ3) is 3.02. The van der Waals surface area contributed by atoms with Gasteiger partial charge in [0.05, 0.1) is 5.69 Å². The van der Waals surface area contributed by atoms with Crippen LogP contribution in [0, 0.1) is 0 Å². The van der Waals surface area contributed by atoms with Crippen LogP contribution < -0.4 is 10.9 Å². The molecule has 0 unspecified atom stereocenters. The van der Waals surface area contributed by atoms with Gasteiger partial charge < -0.3 is 5.11 Å². The second-order valence-corrected chi connectivity index (χ2v) is 2.58. The van der Waals surface area contributed by atoms with Crippen LogP contribution in [0.25, 0.3) is 0 Å². The summed E-state index contributed by atoms with van der Waals surface area (Å²) in [6.45, 7) is 1.76. The van der Waals surface area contributed by atoms with Gasteiger partial charge in [-0.05, 0) is 12.1 Å². The van der Waals surface area contributed by atoms with E-state index in [1.54, 1.807) is 25.1 Å². The predicted molar refractivity (Wildman–Crippen MR) is 50.2 cm³/mol. The van der Waals surface area contributed by atoms with E-state index in [-0.39, 0.29) is 11.7 Å². The molecule has 1 aromatic rings. The molecule has 0 bridgehead atoms. The summed E-state index contributed by atoms with van der Waals surface area (Å²) in [5.41, 5.74) is 5.81. The van der Waals surface area contributed by atoms with Gasteiger partial charge in [-0.15, -0.1) is 0 Å². The number of rotatable bonds is 3. The Hall–Kier alpha value is -1.71. The second kappa shape index (κ2) is 4.35. The van der Waals surface area contributed by atoms with E-state index in [2.05, 4.69) is 10.9 Å². The number of hydrazine groups is 1. The highest BCUT2D eigenvalue weighted by atomic mass is 16.3. The Morgan fingerprint density at radius 1 is 1.54 bits per heavy atom. The SMILES string of the molecule is CCC(=O)NNc1cccc(O)c1. The van der Waals surface area contributed by atoms with E-state index in [1.807, 2.05) is 0 Å². The van der Waals surface area contributed by atoms with Crippen molar-refractivity contribution in [3.05, 3.63) is 24.3 Å². The summed E-state index contributed by atoms with van der Waals surface area (Å²) >= 11 is 0.